The minimum Gasteiger partial charge on any atom is -0.354 e. The molecule has 1 N–H and O–H groups in total. The second-order valence-corrected chi connectivity index (χ2v) is 6.42. The highest BCUT2D eigenvalue weighted by Gasteiger charge is 2.43. The number of rotatable bonds is 3. The quantitative estimate of drug-likeness (QED) is 0.826. The van der Waals surface area contributed by atoms with Crippen molar-refractivity contribution >= 4 is 24.4 Å². The molecule has 0 aromatic heterocycles. The van der Waals surface area contributed by atoms with Crippen molar-refractivity contribution in [1.82, 2.24) is 10.2 Å². The van der Waals surface area contributed by atoms with Gasteiger partial charge in [-0.1, -0.05) is 30.3 Å². The van der Waals surface area contributed by atoms with E-state index in [1.165, 1.54) is 0 Å². The Morgan fingerprint density at radius 1 is 1.38 bits per heavy atom. The summed E-state index contributed by atoms with van der Waals surface area (Å²) in [7, 11) is 0. The maximum atomic E-state index is 12.7. The number of amides is 2. The molecule has 0 radical (unpaired) electrons. The van der Waals surface area contributed by atoms with Crippen LogP contribution in [0.15, 0.2) is 30.3 Å². The van der Waals surface area contributed by atoms with Crippen LogP contribution in [-0.4, -0.2) is 41.1 Å². The Morgan fingerprint density at radius 3 is 2.90 bits per heavy atom. The van der Waals surface area contributed by atoms with Gasteiger partial charge in [0.15, 0.2) is 0 Å². The average Bonchev–Trinajstić information content (AvgIpc) is 2.89. The number of hydrogen-bond acceptors (Lipinski definition) is 3. The van der Waals surface area contributed by atoms with Crippen LogP contribution < -0.4 is 5.32 Å². The monoisotopic (exact) mass is 304 g/mol. The summed E-state index contributed by atoms with van der Waals surface area (Å²) in [5.74, 6) is 0.115. The second kappa shape index (κ2) is 6.10. The fourth-order valence-electron chi connectivity index (χ4n) is 3.34. The first-order chi connectivity index (χ1) is 10.2. The van der Waals surface area contributed by atoms with Crippen LogP contribution in [0.25, 0.3) is 0 Å². The van der Waals surface area contributed by atoms with Gasteiger partial charge in [0.2, 0.25) is 11.8 Å². The van der Waals surface area contributed by atoms with Crippen LogP contribution in [0.3, 0.4) is 0 Å². The van der Waals surface area contributed by atoms with Gasteiger partial charge in [0.25, 0.3) is 0 Å². The van der Waals surface area contributed by atoms with Gasteiger partial charge in [0.1, 0.15) is 0 Å². The maximum Gasteiger partial charge on any atom is 0.236 e. The predicted molar refractivity (Wildman–Crippen MR) is 84.2 cm³/mol. The summed E-state index contributed by atoms with van der Waals surface area (Å²) in [6.07, 6.45) is 2.40. The van der Waals surface area contributed by atoms with Gasteiger partial charge in [0, 0.05) is 13.1 Å². The third kappa shape index (κ3) is 2.93. The Hall–Kier alpha value is -1.49. The first-order valence-electron chi connectivity index (χ1n) is 7.47. The SMILES string of the molecule is O=C1NCC2C1CCCN2C(=O)C(S)Cc1ccccc1. The molecule has 21 heavy (non-hydrogen) atoms. The summed E-state index contributed by atoms with van der Waals surface area (Å²) < 4.78 is 0. The summed E-state index contributed by atoms with van der Waals surface area (Å²) in [5.41, 5.74) is 1.11. The fraction of sp³-hybridized carbons (Fsp3) is 0.500. The topological polar surface area (TPSA) is 49.4 Å². The third-order valence-electron chi connectivity index (χ3n) is 4.44. The average molecular weight is 304 g/mol. The van der Waals surface area contributed by atoms with E-state index in [1.807, 2.05) is 35.2 Å². The normalized spacial score (nSPS) is 26.1. The standard InChI is InChI=1S/C16H20N2O2S/c19-15-12-7-4-8-18(13(12)10-17-15)16(20)14(21)9-11-5-2-1-3-6-11/h1-3,5-6,12-14,21H,4,7-10H2,(H,17,19). The maximum absolute atomic E-state index is 12.7. The lowest BCUT2D eigenvalue weighted by Crippen LogP contribution is -2.51. The highest BCUT2D eigenvalue weighted by Crippen LogP contribution is 2.28. The molecule has 0 spiro atoms. The van der Waals surface area contributed by atoms with Crippen LogP contribution in [0, 0.1) is 5.92 Å². The molecule has 2 amide bonds. The summed E-state index contributed by atoms with van der Waals surface area (Å²) in [5, 5.41) is 2.53. The Bertz CT molecular complexity index is 534. The molecule has 2 saturated heterocycles. The number of piperidine rings is 1. The summed E-state index contributed by atoms with van der Waals surface area (Å²) in [4.78, 5) is 26.3. The van der Waals surface area contributed by atoms with Gasteiger partial charge in [-0.3, -0.25) is 9.59 Å². The molecule has 2 aliphatic rings. The molecule has 3 rings (SSSR count). The van der Waals surface area contributed by atoms with E-state index in [4.69, 9.17) is 0 Å². The number of fused-ring (bicyclic) bond motifs is 1. The van der Waals surface area contributed by atoms with Gasteiger partial charge < -0.3 is 10.2 Å². The number of hydrogen-bond donors (Lipinski definition) is 2. The van der Waals surface area contributed by atoms with E-state index in [2.05, 4.69) is 17.9 Å². The minimum atomic E-state index is -0.346. The first kappa shape index (κ1) is 14.4. The number of nitrogens with one attached hydrogen (secondary N) is 1. The molecule has 0 bridgehead atoms. The van der Waals surface area contributed by atoms with E-state index in [-0.39, 0.29) is 29.0 Å². The van der Waals surface area contributed by atoms with Crippen molar-refractivity contribution in [3.63, 3.8) is 0 Å². The lowest BCUT2D eigenvalue weighted by atomic mass is 9.91. The molecule has 3 atom stereocenters. The highest BCUT2D eigenvalue weighted by molar-refractivity contribution is 7.81. The Labute approximate surface area is 130 Å². The molecule has 2 aliphatic heterocycles. The van der Waals surface area contributed by atoms with Crippen molar-refractivity contribution in [2.24, 2.45) is 5.92 Å². The molecular formula is C16H20N2O2S. The van der Waals surface area contributed by atoms with Crippen LogP contribution in [0.2, 0.25) is 0 Å². The molecule has 3 unspecified atom stereocenters. The van der Waals surface area contributed by atoms with Crippen LogP contribution >= 0.6 is 12.6 Å². The number of carbonyl (C=O) groups is 2. The smallest absolute Gasteiger partial charge is 0.236 e. The van der Waals surface area contributed by atoms with E-state index in [0.29, 0.717) is 13.0 Å². The van der Waals surface area contributed by atoms with E-state index < -0.39 is 0 Å². The van der Waals surface area contributed by atoms with E-state index in [1.54, 1.807) is 0 Å². The van der Waals surface area contributed by atoms with Crippen molar-refractivity contribution in [2.75, 3.05) is 13.1 Å². The summed E-state index contributed by atoms with van der Waals surface area (Å²) in [6, 6.07) is 9.94. The van der Waals surface area contributed by atoms with Crippen LogP contribution in [0.5, 0.6) is 0 Å². The van der Waals surface area contributed by atoms with Crippen molar-refractivity contribution in [1.29, 1.82) is 0 Å². The van der Waals surface area contributed by atoms with Crippen molar-refractivity contribution < 1.29 is 9.59 Å². The Kier molecular flexibility index (Phi) is 4.19. The van der Waals surface area contributed by atoms with Crippen LogP contribution in [0.1, 0.15) is 18.4 Å². The first-order valence-corrected chi connectivity index (χ1v) is 7.98. The molecular weight excluding hydrogens is 284 g/mol. The molecule has 0 aliphatic carbocycles. The van der Waals surface area contributed by atoms with Crippen LogP contribution in [0.4, 0.5) is 0 Å². The molecule has 2 fully saturated rings. The molecule has 0 saturated carbocycles. The Morgan fingerprint density at radius 2 is 2.14 bits per heavy atom. The molecule has 2 heterocycles. The van der Waals surface area contributed by atoms with Gasteiger partial charge >= 0.3 is 0 Å². The van der Waals surface area contributed by atoms with Crippen molar-refractivity contribution in [3.8, 4) is 0 Å². The third-order valence-corrected chi connectivity index (χ3v) is 4.84. The largest absolute Gasteiger partial charge is 0.354 e. The summed E-state index contributed by atoms with van der Waals surface area (Å²) in [6.45, 7) is 1.32. The van der Waals surface area contributed by atoms with Gasteiger partial charge in [-0.2, -0.15) is 12.6 Å². The molecule has 112 valence electrons. The minimum absolute atomic E-state index is 0.0178. The van der Waals surface area contributed by atoms with E-state index in [9.17, 15) is 9.59 Å². The molecule has 4 nitrogen and oxygen atoms in total. The second-order valence-electron chi connectivity index (χ2n) is 5.80. The van der Waals surface area contributed by atoms with Gasteiger partial charge in [-0.15, -0.1) is 0 Å². The zero-order valence-electron chi connectivity index (χ0n) is 11.9. The van der Waals surface area contributed by atoms with Crippen molar-refractivity contribution in [2.45, 2.75) is 30.6 Å². The summed E-state index contributed by atoms with van der Waals surface area (Å²) >= 11 is 4.50. The lowest BCUT2D eigenvalue weighted by Gasteiger charge is -2.37. The zero-order valence-corrected chi connectivity index (χ0v) is 12.8. The zero-order chi connectivity index (χ0) is 14.8. The van der Waals surface area contributed by atoms with Gasteiger partial charge in [-0.25, -0.2) is 0 Å². The van der Waals surface area contributed by atoms with Crippen molar-refractivity contribution in [3.05, 3.63) is 35.9 Å². The number of carbonyl (C=O) groups excluding carboxylic acids is 2. The predicted octanol–water partition coefficient (Wildman–Crippen LogP) is 1.26. The molecule has 1 aromatic rings. The van der Waals surface area contributed by atoms with Gasteiger partial charge in [-0.05, 0) is 24.8 Å². The van der Waals surface area contributed by atoms with Crippen LogP contribution in [-0.2, 0) is 16.0 Å². The molecule has 5 heteroatoms. The fourth-order valence-corrected chi connectivity index (χ4v) is 3.70. The number of likely N-dealkylation sites (tertiary alicyclic amines) is 1. The van der Waals surface area contributed by atoms with E-state index in [0.717, 1.165) is 24.9 Å². The lowest BCUT2D eigenvalue weighted by molar-refractivity contribution is -0.136. The van der Waals surface area contributed by atoms with Gasteiger partial charge in [0.05, 0.1) is 17.2 Å². The number of thiol groups is 1. The molecule has 1 aromatic carbocycles. The number of benzene rings is 1. The van der Waals surface area contributed by atoms with E-state index >= 15 is 0 Å². The Balaban J connectivity index is 1.68. The highest BCUT2D eigenvalue weighted by atomic mass is 32.1. The number of nitrogens with zero attached hydrogens (tertiary/aromatic N) is 1.